The van der Waals surface area contributed by atoms with E-state index in [1.807, 2.05) is 0 Å². The van der Waals surface area contributed by atoms with Gasteiger partial charge in [-0.1, -0.05) is 117 Å². The van der Waals surface area contributed by atoms with Crippen LogP contribution in [0.5, 0.6) is 0 Å². The highest BCUT2D eigenvalue weighted by Gasteiger charge is 2.10. The third-order valence-corrected chi connectivity index (χ3v) is 6.11. The molecule has 1 unspecified atom stereocenters. The van der Waals surface area contributed by atoms with E-state index in [0.717, 1.165) is 32.1 Å². The zero-order valence-corrected chi connectivity index (χ0v) is 21.8. The van der Waals surface area contributed by atoms with Gasteiger partial charge < -0.3 is 9.47 Å². The molecule has 0 aliphatic rings. The van der Waals surface area contributed by atoms with E-state index in [0.29, 0.717) is 32.0 Å². The fourth-order valence-electron chi connectivity index (χ4n) is 3.95. The van der Waals surface area contributed by atoms with Gasteiger partial charge in [0.1, 0.15) is 0 Å². The SMILES string of the molecule is CCCCCCCOC(=O)CCCCCCCCCC(C)CC(=O)OCCCCCCC. The molecule has 0 spiro atoms. The number of rotatable bonds is 24. The Kier molecular flexibility index (Phi) is 23.8. The summed E-state index contributed by atoms with van der Waals surface area (Å²) in [5, 5.41) is 0. The van der Waals surface area contributed by atoms with E-state index in [2.05, 4.69) is 20.8 Å². The molecule has 0 aromatic heterocycles. The van der Waals surface area contributed by atoms with Crippen molar-refractivity contribution >= 4 is 11.9 Å². The summed E-state index contributed by atoms with van der Waals surface area (Å²) in [6, 6.07) is 0. The van der Waals surface area contributed by atoms with E-state index in [1.54, 1.807) is 0 Å². The highest BCUT2D eigenvalue weighted by molar-refractivity contribution is 5.69. The zero-order valence-electron chi connectivity index (χ0n) is 21.8. The second-order valence-electron chi connectivity index (χ2n) is 9.59. The van der Waals surface area contributed by atoms with Crippen LogP contribution in [0, 0.1) is 5.92 Å². The second kappa shape index (κ2) is 24.6. The largest absolute Gasteiger partial charge is 0.466 e. The molecule has 0 saturated heterocycles. The van der Waals surface area contributed by atoms with Gasteiger partial charge in [0.15, 0.2) is 0 Å². The molecule has 0 aromatic carbocycles. The summed E-state index contributed by atoms with van der Waals surface area (Å²) >= 11 is 0. The van der Waals surface area contributed by atoms with Gasteiger partial charge in [-0.3, -0.25) is 9.59 Å². The first-order valence-corrected chi connectivity index (χ1v) is 13.9. The topological polar surface area (TPSA) is 52.6 Å². The minimum Gasteiger partial charge on any atom is -0.466 e. The molecule has 0 radical (unpaired) electrons. The van der Waals surface area contributed by atoms with Gasteiger partial charge in [0.2, 0.25) is 0 Å². The number of ether oxygens (including phenoxy) is 2. The fourth-order valence-corrected chi connectivity index (χ4v) is 3.95. The van der Waals surface area contributed by atoms with Crippen LogP contribution in [0.1, 0.15) is 149 Å². The maximum absolute atomic E-state index is 11.9. The van der Waals surface area contributed by atoms with E-state index in [4.69, 9.17) is 9.47 Å². The lowest BCUT2D eigenvalue weighted by molar-refractivity contribution is -0.145. The molecule has 0 aliphatic carbocycles. The van der Waals surface area contributed by atoms with Crippen molar-refractivity contribution in [1.82, 2.24) is 0 Å². The van der Waals surface area contributed by atoms with E-state index in [9.17, 15) is 9.59 Å². The van der Waals surface area contributed by atoms with Gasteiger partial charge in [-0.2, -0.15) is 0 Å². The van der Waals surface area contributed by atoms with Gasteiger partial charge in [-0.15, -0.1) is 0 Å². The third kappa shape index (κ3) is 23.6. The Hall–Kier alpha value is -1.06. The van der Waals surface area contributed by atoms with Gasteiger partial charge in [-0.25, -0.2) is 0 Å². The number of esters is 2. The van der Waals surface area contributed by atoms with Crippen LogP contribution in [-0.4, -0.2) is 25.2 Å². The van der Waals surface area contributed by atoms with Crippen molar-refractivity contribution in [3.05, 3.63) is 0 Å². The highest BCUT2D eigenvalue weighted by Crippen LogP contribution is 2.16. The lowest BCUT2D eigenvalue weighted by Gasteiger charge is -2.11. The normalized spacial score (nSPS) is 12.0. The monoisotopic (exact) mass is 454 g/mol. The summed E-state index contributed by atoms with van der Waals surface area (Å²) in [4.78, 5) is 23.6. The Morgan fingerprint density at radius 1 is 0.562 bits per heavy atom. The summed E-state index contributed by atoms with van der Waals surface area (Å²) in [6.07, 6.45) is 22.3. The average molecular weight is 455 g/mol. The van der Waals surface area contributed by atoms with Gasteiger partial charge in [0.25, 0.3) is 0 Å². The minimum atomic E-state index is -0.0250. The van der Waals surface area contributed by atoms with Crippen LogP contribution in [0.15, 0.2) is 0 Å². The van der Waals surface area contributed by atoms with Crippen molar-refractivity contribution in [2.45, 2.75) is 149 Å². The van der Waals surface area contributed by atoms with Gasteiger partial charge in [-0.05, 0) is 25.2 Å². The molecule has 190 valence electrons. The molecular weight excluding hydrogens is 400 g/mol. The number of hydrogen-bond donors (Lipinski definition) is 0. The number of carbonyl (C=O) groups excluding carboxylic acids is 2. The van der Waals surface area contributed by atoms with Crippen molar-refractivity contribution < 1.29 is 19.1 Å². The number of hydrogen-bond acceptors (Lipinski definition) is 4. The quantitative estimate of drug-likeness (QED) is 0.108. The molecule has 4 heteroatoms. The Morgan fingerprint density at radius 3 is 1.56 bits per heavy atom. The first-order valence-electron chi connectivity index (χ1n) is 13.9. The smallest absolute Gasteiger partial charge is 0.306 e. The highest BCUT2D eigenvalue weighted by atomic mass is 16.5. The van der Waals surface area contributed by atoms with Gasteiger partial charge >= 0.3 is 11.9 Å². The summed E-state index contributed by atoms with van der Waals surface area (Å²) in [5.74, 6) is 0.368. The van der Waals surface area contributed by atoms with Crippen molar-refractivity contribution in [3.63, 3.8) is 0 Å². The Morgan fingerprint density at radius 2 is 1.00 bits per heavy atom. The number of carbonyl (C=O) groups is 2. The second-order valence-corrected chi connectivity index (χ2v) is 9.59. The van der Waals surface area contributed by atoms with Crippen LogP contribution in [0.25, 0.3) is 0 Å². The van der Waals surface area contributed by atoms with Crippen LogP contribution >= 0.6 is 0 Å². The van der Waals surface area contributed by atoms with Crippen LogP contribution in [0.3, 0.4) is 0 Å². The Balaban J connectivity index is 3.36. The van der Waals surface area contributed by atoms with E-state index in [-0.39, 0.29) is 11.9 Å². The lowest BCUT2D eigenvalue weighted by atomic mass is 9.99. The van der Waals surface area contributed by atoms with E-state index >= 15 is 0 Å². The first-order chi connectivity index (χ1) is 15.6. The van der Waals surface area contributed by atoms with Gasteiger partial charge in [0, 0.05) is 12.8 Å². The molecule has 0 amide bonds. The van der Waals surface area contributed by atoms with Crippen molar-refractivity contribution in [3.8, 4) is 0 Å². The maximum atomic E-state index is 11.9. The summed E-state index contributed by atoms with van der Waals surface area (Å²) in [7, 11) is 0. The predicted octanol–water partition coefficient (Wildman–Crippen LogP) is 8.55. The van der Waals surface area contributed by atoms with Crippen LogP contribution in [0.4, 0.5) is 0 Å². The van der Waals surface area contributed by atoms with Crippen LogP contribution < -0.4 is 0 Å². The maximum Gasteiger partial charge on any atom is 0.306 e. The molecular formula is C28H54O4. The van der Waals surface area contributed by atoms with E-state index < -0.39 is 0 Å². The Labute approximate surface area is 199 Å². The van der Waals surface area contributed by atoms with Crippen LogP contribution in [-0.2, 0) is 19.1 Å². The molecule has 4 nitrogen and oxygen atoms in total. The molecule has 0 heterocycles. The third-order valence-electron chi connectivity index (χ3n) is 6.11. The molecule has 1 atom stereocenters. The average Bonchev–Trinajstić information content (AvgIpc) is 2.77. The molecule has 0 aliphatic heterocycles. The molecule has 32 heavy (non-hydrogen) atoms. The summed E-state index contributed by atoms with van der Waals surface area (Å²) in [6.45, 7) is 7.76. The van der Waals surface area contributed by atoms with Crippen molar-refractivity contribution in [2.75, 3.05) is 13.2 Å². The summed E-state index contributed by atoms with van der Waals surface area (Å²) in [5.41, 5.74) is 0. The number of unbranched alkanes of at least 4 members (excludes halogenated alkanes) is 14. The minimum absolute atomic E-state index is 0.0236. The summed E-state index contributed by atoms with van der Waals surface area (Å²) < 4.78 is 10.7. The lowest BCUT2D eigenvalue weighted by Crippen LogP contribution is -2.10. The zero-order chi connectivity index (χ0) is 23.7. The van der Waals surface area contributed by atoms with Crippen molar-refractivity contribution in [2.24, 2.45) is 5.92 Å². The standard InChI is InChI=1S/C28H54O4/c1-4-6-8-15-19-23-31-27(29)22-18-14-12-10-11-13-17-21-26(3)25-28(30)32-24-20-16-9-7-5-2/h26H,4-25H2,1-3H3. The van der Waals surface area contributed by atoms with Crippen LogP contribution in [0.2, 0.25) is 0 Å². The molecule has 0 N–H and O–H groups in total. The molecule has 0 saturated carbocycles. The fraction of sp³-hybridized carbons (Fsp3) is 0.929. The molecule has 0 rings (SSSR count). The molecule has 0 fully saturated rings. The predicted molar refractivity (Wildman–Crippen MR) is 135 cm³/mol. The first kappa shape index (κ1) is 30.9. The molecule has 0 bridgehead atoms. The van der Waals surface area contributed by atoms with Crippen molar-refractivity contribution in [1.29, 1.82) is 0 Å². The van der Waals surface area contributed by atoms with Gasteiger partial charge in [0.05, 0.1) is 13.2 Å². The van der Waals surface area contributed by atoms with E-state index in [1.165, 1.54) is 83.5 Å². The molecule has 0 aromatic rings. The Bertz CT molecular complexity index is 422.